The second-order valence-electron chi connectivity index (χ2n) is 21.1. The van der Waals surface area contributed by atoms with Crippen LogP contribution in [0.25, 0.3) is 21.6 Å². The van der Waals surface area contributed by atoms with Crippen molar-refractivity contribution in [2.24, 2.45) is 5.41 Å². The lowest BCUT2D eigenvalue weighted by Crippen LogP contribution is -2.58. The fraction of sp³-hybridized carbons (Fsp3) is 0.492. The topological polar surface area (TPSA) is 214 Å². The predicted molar refractivity (Wildman–Crippen MR) is 299 cm³/mol. The van der Waals surface area contributed by atoms with Crippen molar-refractivity contribution in [3.8, 4) is 27.3 Å². The summed E-state index contributed by atoms with van der Waals surface area (Å²) in [5, 5.41) is 19.4. The Hall–Kier alpha value is -6.44. The first kappa shape index (κ1) is 58.2. The predicted octanol–water partition coefficient (Wildman–Crippen LogP) is 7.34. The van der Waals surface area contributed by atoms with Gasteiger partial charge in [-0.15, -0.1) is 11.3 Å². The van der Waals surface area contributed by atoms with Crippen molar-refractivity contribution in [1.29, 1.82) is 0 Å². The standard InChI is InChI=1S/C59H77N7O10S/c1-9-65(45-20-26-74-27-21-45)50-30-44(29-48(39(50)4)55(69)61-33-49-37(2)28-38(3)63-56(49)70)42-16-18-47(19-17-42)76-25-11-23-73-22-10-24-75-35-52(68)64-54(59(6,7)8)58(72)66-34-46(67)31-51(66)57(71)60-32-41-12-14-43(15-13-41)53-40(5)62-36-77-53/h12-19,28-30,36,45-46,51,54,67H,9-11,20-27,31-35H2,1-8H3,(H,60,71)(H,61,69)(H,63,70)(H,64,68)/t46-,51+,54-/m1/s1. The van der Waals surface area contributed by atoms with Gasteiger partial charge in [0.1, 0.15) is 24.4 Å². The van der Waals surface area contributed by atoms with Gasteiger partial charge in [0.25, 0.3) is 11.5 Å². The van der Waals surface area contributed by atoms with Crippen molar-refractivity contribution in [2.75, 3.05) is 64.2 Å². The van der Waals surface area contributed by atoms with Crippen molar-refractivity contribution < 1.29 is 43.2 Å². The number of aryl methyl sites for hydroxylation is 3. The Balaban J connectivity index is 0.832. The van der Waals surface area contributed by atoms with E-state index in [0.717, 1.165) is 74.7 Å². The summed E-state index contributed by atoms with van der Waals surface area (Å²) in [6.45, 7) is 19.2. The number of hydrogen-bond donors (Lipinski definition) is 5. The largest absolute Gasteiger partial charge is 0.494 e. The SMILES string of the molecule is CCN(c1cc(-c2ccc(OCCCOCCCOCC(=O)N[C@H](C(=O)N3C[C@H](O)C[C@H]3C(=O)NCc3ccc(-c4scnc4C)cc3)C(C)(C)C)cc2)cc(C(=O)NCc2c(C)cc(C)[nH]c2=O)c1C)C1CCOCC1. The molecule has 2 saturated heterocycles. The van der Waals surface area contributed by atoms with Gasteiger partial charge < -0.3 is 54.8 Å². The van der Waals surface area contributed by atoms with Crippen LogP contribution in [0.1, 0.15) is 104 Å². The Morgan fingerprint density at radius 3 is 2.23 bits per heavy atom. The fourth-order valence-corrected chi connectivity index (χ4v) is 10.8. The molecule has 4 heterocycles. The number of β-amino-alcohol motifs (C(OH)–C–C–N with tert-alkyl or cyclic N) is 1. The molecule has 77 heavy (non-hydrogen) atoms. The summed E-state index contributed by atoms with van der Waals surface area (Å²) in [4.78, 5) is 79.3. The molecule has 7 rings (SSSR count). The summed E-state index contributed by atoms with van der Waals surface area (Å²) < 4.78 is 23.2. The zero-order valence-corrected chi connectivity index (χ0v) is 46.7. The lowest BCUT2D eigenvalue weighted by atomic mass is 9.85. The maximum Gasteiger partial charge on any atom is 0.253 e. The van der Waals surface area contributed by atoms with Crippen molar-refractivity contribution in [2.45, 2.75) is 125 Å². The van der Waals surface area contributed by atoms with E-state index >= 15 is 0 Å². The molecule has 4 amide bonds. The lowest BCUT2D eigenvalue weighted by Gasteiger charge is -2.37. The first-order valence-corrected chi connectivity index (χ1v) is 27.7. The van der Waals surface area contributed by atoms with Crippen LogP contribution >= 0.6 is 11.3 Å². The van der Waals surface area contributed by atoms with Gasteiger partial charge in [-0.1, -0.05) is 57.2 Å². The van der Waals surface area contributed by atoms with Crippen molar-refractivity contribution in [3.63, 3.8) is 0 Å². The van der Waals surface area contributed by atoms with Crippen LogP contribution < -0.4 is 31.1 Å². The van der Waals surface area contributed by atoms with E-state index < -0.39 is 35.4 Å². The Morgan fingerprint density at radius 2 is 1.57 bits per heavy atom. The van der Waals surface area contributed by atoms with E-state index in [1.165, 1.54) is 4.90 Å². The molecule has 18 heteroatoms. The van der Waals surface area contributed by atoms with E-state index in [1.54, 1.807) is 11.3 Å². The minimum absolute atomic E-state index is 0.0171. The van der Waals surface area contributed by atoms with Crippen LogP contribution in [0.15, 0.2) is 77.0 Å². The molecule has 0 saturated carbocycles. The summed E-state index contributed by atoms with van der Waals surface area (Å²) in [6.07, 6.45) is 2.23. The molecule has 2 fully saturated rings. The third-order valence-electron chi connectivity index (χ3n) is 14.2. The number of thiazole rings is 1. The van der Waals surface area contributed by atoms with Gasteiger partial charge in [-0.3, -0.25) is 24.0 Å². The maximum absolute atomic E-state index is 14.0. The lowest BCUT2D eigenvalue weighted by molar-refractivity contribution is -0.144. The number of aliphatic hydroxyl groups excluding tert-OH is 1. The number of anilines is 1. The molecule has 5 aromatic rings. The summed E-state index contributed by atoms with van der Waals surface area (Å²) in [7, 11) is 0. The normalized spacial score (nSPS) is 16.2. The van der Waals surface area contributed by atoms with Crippen molar-refractivity contribution >= 4 is 40.7 Å². The first-order valence-electron chi connectivity index (χ1n) is 26.8. The summed E-state index contributed by atoms with van der Waals surface area (Å²) in [5.41, 5.74) is 10.2. The minimum atomic E-state index is -0.964. The molecule has 2 aromatic heterocycles. The smallest absolute Gasteiger partial charge is 0.253 e. The molecule has 0 bridgehead atoms. The first-order chi connectivity index (χ1) is 36.9. The second kappa shape index (κ2) is 27.2. The number of aromatic nitrogens is 2. The highest BCUT2D eigenvalue weighted by molar-refractivity contribution is 7.13. The highest BCUT2D eigenvalue weighted by Crippen LogP contribution is 2.35. The number of aliphatic hydroxyl groups is 1. The molecule has 0 spiro atoms. The zero-order chi connectivity index (χ0) is 55.2. The molecule has 0 unspecified atom stereocenters. The molecular formula is C59H77N7O10S. The molecule has 2 aliphatic rings. The van der Waals surface area contributed by atoms with Crippen LogP contribution in [0.3, 0.4) is 0 Å². The molecule has 3 aromatic carbocycles. The van der Waals surface area contributed by atoms with Crippen LogP contribution in [0.5, 0.6) is 5.75 Å². The van der Waals surface area contributed by atoms with Crippen molar-refractivity contribution in [3.05, 3.63) is 122 Å². The number of carbonyl (C=O) groups is 4. The molecule has 5 N–H and O–H groups in total. The number of benzene rings is 3. The highest BCUT2D eigenvalue weighted by Gasteiger charge is 2.44. The third kappa shape index (κ3) is 15.6. The summed E-state index contributed by atoms with van der Waals surface area (Å²) in [5.74, 6) is -0.815. The monoisotopic (exact) mass is 1080 g/mol. The van der Waals surface area contributed by atoms with Gasteiger partial charge in [0.05, 0.1) is 28.8 Å². The van der Waals surface area contributed by atoms with Gasteiger partial charge >= 0.3 is 0 Å². The number of likely N-dealkylation sites (tertiary alicyclic amines) is 1. The van der Waals surface area contributed by atoms with Gasteiger partial charge in [-0.2, -0.15) is 0 Å². The van der Waals surface area contributed by atoms with Crippen LogP contribution in [-0.2, 0) is 41.7 Å². The van der Waals surface area contributed by atoms with Crippen LogP contribution in [0.4, 0.5) is 5.69 Å². The molecule has 2 aliphatic heterocycles. The van der Waals surface area contributed by atoms with Crippen LogP contribution in [0.2, 0.25) is 0 Å². The molecule has 0 aliphatic carbocycles. The highest BCUT2D eigenvalue weighted by atomic mass is 32.1. The Labute approximate surface area is 456 Å². The van der Waals surface area contributed by atoms with Gasteiger partial charge in [-0.25, -0.2) is 4.98 Å². The third-order valence-corrected chi connectivity index (χ3v) is 15.2. The average Bonchev–Trinajstić information content (AvgIpc) is 4.03. The van der Waals surface area contributed by atoms with E-state index in [2.05, 4.69) is 43.8 Å². The summed E-state index contributed by atoms with van der Waals surface area (Å²) in [6, 6.07) is 20.1. The van der Waals surface area contributed by atoms with Gasteiger partial charge in [-0.05, 0) is 123 Å². The maximum atomic E-state index is 14.0. The number of hydrogen-bond acceptors (Lipinski definition) is 13. The average molecular weight is 1080 g/mol. The molecule has 3 atom stereocenters. The van der Waals surface area contributed by atoms with E-state index in [9.17, 15) is 29.1 Å². The molecule has 17 nitrogen and oxygen atoms in total. The van der Waals surface area contributed by atoms with Gasteiger partial charge in [0.2, 0.25) is 17.7 Å². The van der Waals surface area contributed by atoms with Gasteiger partial charge in [0, 0.05) is 101 Å². The number of nitrogens with zero attached hydrogens (tertiary/aromatic N) is 3. The van der Waals surface area contributed by atoms with Crippen LogP contribution in [-0.4, -0.2) is 127 Å². The van der Waals surface area contributed by atoms with E-state index in [1.807, 2.05) is 115 Å². The Bertz CT molecular complexity index is 2860. The number of amides is 4. The molecular weight excluding hydrogens is 999 g/mol. The summed E-state index contributed by atoms with van der Waals surface area (Å²) >= 11 is 1.57. The number of rotatable bonds is 24. The number of carbonyl (C=O) groups excluding carboxylic acids is 4. The van der Waals surface area contributed by atoms with Gasteiger partial charge in [0.15, 0.2) is 0 Å². The number of H-pyrrole nitrogens is 1. The Morgan fingerprint density at radius 1 is 0.883 bits per heavy atom. The van der Waals surface area contributed by atoms with E-state index in [0.29, 0.717) is 62.8 Å². The second-order valence-corrected chi connectivity index (χ2v) is 22.0. The zero-order valence-electron chi connectivity index (χ0n) is 45.9. The van der Waals surface area contributed by atoms with E-state index in [-0.39, 0.29) is 62.7 Å². The minimum Gasteiger partial charge on any atom is -0.494 e. The van der Waals surface area contributed by atoms with Crippen LogP contribution in [0, 0.1) is 33.1 Å². The number of pyridine rings is 1. The number of aromatic amines is 1. The number of ether oxygens (including phenoxy) is 4. The molecule has 0 radical (unpaired) electrons. The Kier molecular flexibility index (Phi) is 20.6. The molecule has 414 valence electrons. The fourth-order valence-electron chi connectivity index (χ4n) is 9.99. The number of nitrogens with one attached hydrogen (secondary N) is 4. The quantitative estimate of drug-likeness (QED) is 0.0384. The van der Waals surface area contributed by atoms with Crippen molar-refractivity contribution in [1.82, 2.24) is 30.8 Å². The van der Waals surface area contributed by atoms with E-state index in [4.69, 9.17) is 18.9 Å².